The number of halogens is 4. The van der Waals surface area contributed by atoms with Gasteiger partial charge < -0.3 is 10.0 Å². The molecule has 1 unspecified atom stereocenters. The molecule has 1 aromatic carbocycles. The minimum Gasteiger partial charge on any atom is -0.390 e. The molecule has 1 N–H and O–H groups in total. The van der Waals surface area contributed by atoms with E-state index in [4.69, 9.17) is 0 Å². The zero-order valence-corrected chi connectivity index (χ0v) is 12.8. The van der Waals surface area contributed by atoms with Gasteiger partial charge in [0.15, 0.2) is 0 Å². The maximum atomic E-state index is 13.1. The molecular formula is C14H17BrF3NO. The molecule has 112 valence electrons. The fraction of sp³-hybridized carbons (Fsp3) is 0.571. The Bertz CT molecular complexity index is 488. The Balaban J connectivity index is 2.33. The van der Waals surface area contributed by atoms with E-state index in [0.29, 0.717) is 36.8 Å². The highest BCUT2D eigenvalue weighted by molar-refractivity contribution is 9.10. The highest BCUT2D eigenvalue weighted by Gasteiger charge is 2.36. The van der Waals surface area contributed by atoms with Gasteiger partial charge in [-0.25, -0.2) is 0 Å². The van der Waals surface area contributed by atoms with Crippen LogP contribution >= 0.6 is 15.9 Å². The lowest BCUT2D eigenvalue weighted by Gasteiger charge is -2.27. The largest absolute Gasteiger partial charge is 0.418 e. The third kappa shape index (κ3) is 3.67. The number of benzene rings is 1. The second-order valence-electron chi connectivity index (χ2n) is 5.50. The van der Waals surface area contributed by atoms with E-state index < -0.39 is 17.3 Å². The van der Waals surface area contributed by atoms with Gasteiger partial charge in [-0.2, -0.15) is 13.2 Å². The highest BCUT2D eigenvalue weighted by atomic mass is 79.9. The van der Waals surface area contributed by atoms with Gasteiger partial charge in [0, 0.05) is 23.2 Å². The van der Waals surface area contributed by atoms with Gasteiger partial charge >= 0.3 is 6.18 Å². The normalized spacial score (nSPS) is 24.6. The average molecular weight is 352 g/mol. The molecule has 2 rings (SSSR count). The maximum absolute atomic E-state index is 13.1. The fourth-order valence-corrected chi connectivity index (χ4v) is 2.88. The smallest absolute Gasteiger partial charge is 0.390 e. The molecule has 0 saturated carbocycles. The van der Waals surface area contributed by atoms with E-state index in [1.807, 2.05) is 0 Å². The summed E-state index contributed by atoms with van der Waals surface area (Å²) in [5, 5.41) is 10.0. The summed E-state index contributed by atoms with van der Waals surface area (Å²) < 4.78 is 39.8. The van der Waals surface area contributed by atoms with Gasteiger partial charge in [0.2, 0.25) is 0 Å². The van der Waals surface area contributed by atoms with E-state index in [2.05, 4.69) is 15.9 Å². The van der Waals surface area contributed by atoms with Gasteiger partial charge in [0.25, 0.3) is 0 Å². The summed E-state index contributed by atoms with van der Waals surface area (Å²) >= 11 is 3.09. The molecule has 2 nitrogen and oxygen atoms in total. The summed E-state index contributed by atoms with van der Waals surface area (Å²) in [5.74, 6) is 0. The van der Waals surface area contributed by atoms with Crippen molar-refractivity contribution in [2.24, 2.45) is 0 Å². The topological polar surface area (TPSA) is 23.5 Å². The molecule has 0 radical (unpaired) electrons. The molecule has 1 aliphatic heterocycles. The van der Waals surface area contributed by atoms with Crippen LogP contribution in [0.2, 0.25) is 0 Å². The number of aliphatic hydroxyl groups is 1. The third-order valence-electron chi connectivity index (χ3n) is 3.67. The van der Waals surface area contributed by atoms with Crippen LogP contribution in [0.3, 0.4) is 0 Å². The summed E-state index contributed by atoms with van der Waals surface area (Å²) in [5.41, 5.74) is -1.23. The molecule has 0 spiro atoms. The molecule has 1 heterocycles. The van der Waals surface area contributed by atoms with Crippen LogP contribution in [0.4, 0.5) is 18.9 Å². The first-order chi connectivity index (χ1) is 9.19. The highest BCUT2D eigenvalue weighted by Crippen LogP contribution is 2.39. The summed E-state index contributed by atoms with van der Waals surface area (Å²) in [6.45, 7) is 2.70. The molecule has 20 heavy (non-hydrogen) atoms. The second kappa shape index (κ2) is 5.56. The average Bonchev–Trinajstić information content (AvgIpc) is 2.49. The van der Waals surface area contributed by atoms with Crippen LogP contribution in [-0.2, 0) is 6.18 Å². The van der Waals surface area contributed by atoms with Gasteiger partial charge in [-0.3, -0.25) is 0 Å². The molecule has 1 saturated heterocycles. The number of alkyl halides is 3. The minimum atomic E-state index is -4.38. The molecular weight excluding hydrogens is 335 g/mol. The standard InChI is InChI=1S/C14H17BrF3NO/c1-13(20)5-2-7-19(8-6-13)12-4-3-10(15)9-11(12)14(16,17)18/h3-4,9,20H,2,5-8H2,1H3. The van der Waals surface area contributed by atoms with E-state index in [-0.39, 0.29) is 5.69 Å². The molecule has 0 aliphatic carbocycles. The van der Waals surface area contributed by atoms with E-state index in [1.54, 1.807) is 17.9 Å². The predicted molar refractivity (Wildman–Crippen MR) is 75.8 cm³/mol. The lowest BCUT2D eigenvalue weighted by atomic mass is 9.98. The van der Waals surface area contributed by atoms with Crippen molar-refractivity contribution in [3.05, 3.63) is 28.2 Å². The van der Waals surface area contributed by atoms with Crippen molar-refractivity contribution in [3.8, 4) is 0 Å². The molecule has 1 atom stereocenters. The van der Waals surface area contributed by atoms with E-state index in [9.17, 15) is 18.3 Å². The first-order valence-corrected chi connectivity index (χ1v) is 7.32. The summed E-state index contributed by atoms with van der Waals surface area (Å²) in [6, 6.07) is 4.22. The van der Waals surface area contributed by atoms with Crippen molar-refractivity contribution in [2.45, 2.75) is 38.0 Å². The maximum Gasteiger partial charge on any atom is 0.418 e. The first kappa shape index (κ1) is 15.6. The van der Waals surface area contributed by atoms with E-state index in [1.165, 1.54) is 6.07 Å². The summed E-state index contributed by atoms with van der Waals surface area (Å²) in [7, 11) is 0. The summed E-state index contributed by atoms with van der Waals surface area (Å²) in [4.78, 5) is 1.72. The Morgan fingerprint density at radius 3 is 2.60 bits per heavy atom. The van der Waals surface area contributed by atoms with Crippen LogP contribution in [0.15, 0.2) is 22.7 Å². The van der Waals surface area contributed by atoms with Gasteiger partial charge in [0.05, 0.1) is 11.2 Å². The lowest BCUT2D eigenvalue weighted by Crippen LogP contribution is -2.29. The van der Waals surface area contributed by atoms with Crippen LogP contribution < -0.4 is 4.90 Å². The van der Waals surface area contributed by atoms with Gasteiger partial charge in [-0.1, -0.05) is 15.9 Å². The molecule has 0 aromatic heterocycles. The van der Waals surface area contributed by atoms with Crippen LogP contribution in [0.1, 0.15) is 31.7 Å². The van der Waals surface area contributed by atoms with Crippen LogP contribution in [0.25, 0.3) is 0 Å². The first-order valence-electron chi connectivity index (χ1n) is 6.53. The number of hydrogen-bond donors (Lipinski definition) is 1. The Morgan fingerprint density at radius 2 is 1.95 bits per heavy atom. The van der Waals surface area contributed by atoms with Crippen molar-refractivity contribution in [2.75, 3.05) is 18.0 Å². The second-order valence-corrected chi connectivity index (χ2v) is 6.41. The van der Waals surface area contributed by atoms with Crippen LogP contribution in [-0.4, -0.2) is 23.8 Å². The minimum absolute atomic E-state index is 0.193. The van der Waals surface area contributed by atoms with E-state index >= 15 is 0 Å². The molecule has 1 aromatic rings. The number of rotatable bonds is 1. The quantitative estimate of drug-likeness (QED) is 0.819. The molecule has 0 bridgehead atoms. The van der Waals surface area contributed by atoms with Crippen LogP contribution in [0, 0.1) is 0 Å². The number of nitrogens with zero attached hydrogens (tertiary/aromatic N) is 1. The molecule has 0 amide bonds. The monoisotopic (exact) mass is 351 g/mol. The zero-order chi connectivity index (χ0) is 15.0. The van der Waals surface area contributed by atoms with Gasteiger partial charge in [-0.05, 0) is 44.4 Å². The fourth-order valence-electron chi connectivity index (χ4n) is 2.52. The Kier molecular flexibility index (Phi) is 4.35. The van der Waals surface area contributed by atoms with Crippen molar-refractivity contribution in [1.29, 1.82) is 0 Å². The number of anilines is 1. The van der Waals surface area contributed by atoms with Gasteiger partial charge in [-0.15, -0.1) is 0 Å². The Hall–Kier alpha value is -0.750. The van der Waals surface area contributed by atoms with Crippen molar-refractivity contribution >= 4 is 21.6 Å². The molecule has 1 aliphatic rings. The Labute approximate surface area is 124 Å². The molecule has 6 heteroatoms. The Morgan fingerprint density at radius 1 is 1.25 bits per heavy atom. The third-order valence-corrected chi connectivity index (χ3v) is 4.16. The summed E-state index contributed by atoms with van der Waals surface area (Å²) in [6.07, 6.45) is -2.62. The van der Waals surface area contributed by atoms with Crippen molar-refractivity contribution in [1.82, 2.24) is 0 Å². The number of hydrogen-bond acceptors (Lipinski definition) is 2. The molecule has 1 fully saturated rings. The SMILES string of the molecule is CC1(O)CCCN(c2ccc(Br)cc2C(F)(F)F)CC1. The van der Waals surface area contributed by atoms with Crippen molar-refractivity contribution < 1.29 is 18.3 Å². The van der Waals surface area contributed by atoms with Crippen LogP contribution in [0.5, 0.6) is 0 Å². The van der Waals surface area contributed by atoms with Crippen molar-refractivity contribution in [3.63, 3.8) is 0 Å². The van der Waals surface area contributed by atoms with Gasteiger partial charge in [0.1, 0.15) is 0 Å². The lowest BCUT2D eigenvalue weighted by molar-refractivity contribution is -0.137. The zero-order valence-electron chi connectivity index (χ0n) is 11.2. The van der Waals surface area contributed by atoms with E-state index in [0.717, 1.165) is 6.07 Å². The predicted octanol–water partition coefficient (Wildman–Crippen LogP) is 4.21.